The Labute approximate surface area is 368 Å². The molecule has 4 aliphatic heterocycles. The molecule has 9 rings (SSSR count). The number of alkyl halides is 1. The maximum atomic E-state index is 16.4. The molecular formula is C44H46ClF3N10O4S. The number of piperidine rings is 2. The maximum Gasteiger partial charge on any atom is 0.301 e. The van der Waals surface area contributed by atoms with Crippen LogP contribution in [-0.2, 0) is 19.8 Å². The molecule has 2 amide bonds. The summed E-state index contributed by atoms with van der Waals surface area (Å²) in [7, 11) is -4.28. The zero-order chi connectivity index (χ0) is 43.8. The number of carbonyl (C=O) groups is 2. The molecule has 0 bridgehead atoms. The van der Waals surface area contributed by atoms with Gasteiger partial charge in [-0.3, -0.25) is 29.5 Å². The molecule has 330 valence electrons. The molecule has 2 aromatic carbocycles. The van der Waals surface area contributed by atoms with E-state index < -0.39 is 33.7 Å². The van der Waals surface area contributed by atoms with Gasteiger partial charge >= 0.3 is 10.2 Å². The van der Waals surface area contributed by atoms with Crippen LogP contribution in [0.4, 0.5) is 30.4 Å². The summed E-state index contributed by atoms with van der Waals surface area (Å²) < 4.78 is 77.0. The van der Waals surface area contributed by atoms with Crippen molar-refractivity contribution in [2.45, 2.75) is 44.2 Å². The highest BCUT2D eigenvalue weighted by Gasteiger charge is 2.33. The van der Waals surface area contributed by atoms with Crippen LogP contribution < -0.4 is 19.8 Å². The average molecular weight is 903 g/mol. The Morgan fingerprint density at radius 3 is 2.32 bits per heavy atom. The second-order valence-corrected chi connectivity index (χ2v) is 18.7. The van der Waals surface area contributed by atoms with Gasteiger partial charge in [-0.15, -0.1) is 0 Å². The molecule has 3 aromatic heterocycles. The predicted molar refractivity (Wildman–Crippen MR) is 234 cm³/mol. The predicted octanol–water partition coefficient (Wildman–Crippen LogP) is 6.19. The van der Waals surface area contributed by atoms with E-state index in [0.717, 1.165) is 67.3 Å². The number of rotatable bonds is 11. The first-order valence-corrected chi connectivity index (χ1v) is 22.9. The Morgan fingerprint density at radius 1 is 0.857 bits per heavy atom. The van der Waals surface area contributed by atoms with Gasteiger partial charge in [-0.05, 0) is 79.6 Å². The topological polar surface area (TPSA) is 149 Å². The normalized spacial score (nSPS) is 20.6. The number of aromatic nitrogens is 4. The van der Waals surface area contributed by atoms with Crippen LogP contribution in [0.15, 0.2) is 79.4 Å². The molecule has 1 unspecified atom stereocenters. The Hall–Kier alpha value is -5.56. The van der Waals surface area contributed by atoms with Crippen molar-refractivity contribution in [3.63, 3.8) is 0 Å². The number of piperazine rings is 1. The number of hydrogen-bond donors (Lipinski definition) is 2. The number of anilines is 3. The molecule has 7 heterocycles. The highest BCUT2D eigenvalue weighted by molar-refractivity contribution is 7.90. The zero-order valence-electron chi connectivity index (χ0n) is 34.3. The first kappa shape index (κ1) is 42.7. The lowest BCUT2D eigenvalue weighted by Crippen LogP contribution is -2.49. The van der Waals surface area contributed by atoms with Gasteiger partial charge in [0.05, 0.1) is 23.0 Å². The quantitative estimate of drug-likeness (QED) is 0.147. The van der Waals surface area contributed by atoms with Crippen LogP contribution in [0.5, 0.6) is 0 Å². The van der Waals surface area contributed by atoms with Crippen molar-refractivity contribution in [2.75, 3.05) is 73.4 Å². The van der Waals surface area contributed by atoms with Gasteiger partial charge in [0.1, 0.15) is 23.5 Å². The molecule has 0 spiro atoms. The van der Waals surface area contributed by atoms with Crippen molar-refractivity contribution in [1.82, 2.24) is 34.3 Å². The van der Waals surface area contributed by atoms with E-state index in [-0.39, 0.29) is 53.4 Å². The molecule has 0 aliphatic carbocycles. The number of amides is 2. The highest BCUT2D eigenvalue weighted by atomic mass is 35.5. The summed E-state index contributed by atoms with van der Waals surface area (Å²) in [6, 6.07) is 14.7. The van der Waals surface area contributed by atoms with Gasteiger partial charge in [0.25, 0.3) is 0 Å². The second kappa shape index (κ2) is 17.9. The fourth-order valence-electron chi connectivity index (χ4n) is 8.97. The summed E-state index contributed by atoms with van der Waals surface area (Å²) in [5.41, 5.74) is 2.43. The molecule has 4 aliphatic rings. The van der Waals surface area contributed by atoms with Crippen molar-refractivity contribution in [3.05, 3.63) is 102 Å². The lowest BCUT2D eigenvalue weighted by Gasteiger charge is -2.40. The van der Waals surface area contributed by atoms with E-state index in [1.807, 2.05) is 17.0 Å². The van der Waals surface area contributed by atoms with Crippen LogP contribution in [0.25, 0.3) is 28.1 Å². The van der Waals surface area contributed by atoms with Crippen LogP contribution in [0.1, 0.15) is 43.6 Å². The van der Waals surface area contributed by atoms with Gasteiger partial charge < -0.3 is 9.80 Å². The molecule has 4 saturated heterocycles. The number of hydrogen-bond acceptors (Lipinski definition) is 10. The van der Waals surface area contributed by atoms with Crippen molar-refractivity contribution in [3.8, 4) is 28.1 Å². The average Bonchev–Trinajstić information content (AvgIpc) is 3.94. The van der Waals surface area contributed by atoms with Crippen LogP contribution >= 0.6 is 11.6 Å². The minimum Gasteiger partial charge on any atom is -0.367 e. The third-order valence-electron chi connectivity index (χ3n) is 12.4. The largest absolute Gasteiger partial charge is 0.367 e. The summed E-state index contributed by atoms with van der Waals surface area (Å²) in [6.45, 7) is 5.26. The van der Waals surface area contributed by atoms with E-state index in [0.29, 0.717) is 54.5 Å². The summed E-state index contributed by atoms with van der Waals surface area (Å²) >= 11 is 6.44. The monoisotopic (exact) mass is 902 g/mol. The minimum absolute atomic E-state index is 0.0363. The van der Waals surface area contributed by atoms with Gasteiger partial charge in [0.2, 0.25) is 11.8 Å². The molecular weight excluding hydrogens is 857 g/mol. The summed E-state index contributed by atoms with van der Waals surface area (Å²) in [5.74, 6) is -0.773. The van der Waals surface area contributed by atoms with Crippen molar-refractivity contribution < 1.29 is 31.2 Å². The van der Waals surface area contributed by atoms with Crippen molar-refractivity contribution in [1.29, 1.82) is 0 Å². The number of nitrogens with one attached hydrogen (secondary N) is 2. The van der Waals surface area contributed by atoms with Gasteiger partial charge in [-0.2, -0.15) is 17.8 Å². The molecule has 4 fully saturated rings. The number of pyridine rings is 2. The summed E-state index contributed by atoms with van der Waals surface area (Å²) in [4.78, 5) is 39.3. The number of imide groups is 1. The van der Waals surface area contributed by atoms with Crippen molar-refractivity contribution in [2.24, 2.45) is 5.92 Å². The third kappa shape index (κ3) is 9.25. The maximum absolute atomic E-state index is 16.4. The molecule has 19 heteroatoms. The Bertz CT molecular complexity index is 2610. The number of carbonyl (C=O) groups excluding carboxylic acids is 2. The van der Waals surface area contributed by atoms with E-state index in [1.165, 1.54) is 16.8 Å². The standard InChI is InChI=1S/C44H46ClF3N10O4S/c45-31-21-35(42(48)38(22-31)53-63(61,62)57-16-11-32(46)26-57)36-27-58(52-43(36)29-7-12-49-13-8-29)33-2-4-39(37(47)23-33)55-19-17-54(18-20-55)25-28-9-14-56(15-10-28)40-5-1-30(24-50-40)34-3-6-41(59)51-44(34)60/h1-2,4-5,7-8,12-13,21-24,27-28,32,34,53H,3,6,9-11,14-20,25-26H2,(H,51,59,60)/t32-,34?/m1/s1. The minimum atomic E-state index is -4.28. The van der Waals surface area contributed by atoms with Gasteiger partial charge in [0, 0.05) is 118 Å². The number of halogens is 4. The van der Waals surface area contributed by atoms with Gasteiger partial charge in [0.15, 0.2) is 5.82 Å². The van der Waals surface area contributed by atoms with Crippen molar-refractivity contribution >= 4 is 50.8 Å². The van der Waals surface area contributed by atoms with E-state index in [1.54, 1.807) is 49.1 Å². The molecule has 0 radical (unpaired) electrons. The first-order valence-electron chi connectivity index (χ1n) is 21.1. The summed E-state index contributed by atoms with van der Waals surface area (Å²) in [5, 5.41) is 7.21. The van der Waals surface area contributed by atoms with E-state index in [2.05, 4.69) is 29.8 Å². The van der Waals surface area contributed by atoms with Gasteiger partial charge in [-0.25, -0.2) is 22.8 Å². The molecule has 2 N–H and O–H groups in total. The van der Waals surface area contributed by atoms with Crippen LogP contribution in [-0.4, -0.2) is 114 Å². The second-order valence-electron chi connectivity index (χ2n) is 16.5. The number of benzene rings is 2. The Balaban J connectivity index is 0.842. The molecule has 5 aromatic rings. The van der Waals surface area contributed by atoms with Crippen LogP contribution in [0.2, 0.25) is 5.02 Å². The molecule has 63 heavy (non-hydrogen) atoms. The molecule has 2 atom stereocenters. The van der Waals surface area contributed by atoms with Crippen LogP contribution in [0.3, 0.4) is 0 Å². The Kier molecular flexibility index (Phi) is 12.1. The fourth-order valence-corrected chi connectivity index (χ4v) is 10.5. The Morgan fingerprint density at radius 2 is 1.63 bits per heavy atom. The first-order chi connectivity index (χ1) is 30.4. The van der Waals surface area contributed by atoms with Gasteiger partial charge in [-0.1, -0.05) is 17.7 Å². The zero-order valence-corrected chi connectivity index (χ0v) is 35.8. The number of nitrogens with zero attached hydrogens (tertiary/aromatic N) is 8. The highest BCUT2D eigenvalue weighted by Crippen LogP contribution is 2.39. The van der Waals surface area contributed by atoms with Crippen LogP contribution in [0, 0.1) is 17.6 Å². The van der Waals surface area contributed by atoms with E-state index >= 15 is 8.78 Å². The fraction of sp³-hybridized carbons (Fsp3) is 0.386. The van der Waals surface area contributed by atoms with E-state index in [9.17, 15) is 22.4 Å². The molecule has 0 saturated carbocycles. The third-order valence-corrected chi connectivity index (χ3v) is 14.2. The lowest BCUT2D eigenvalue weighted by molar-refractivity contribution is -0.134. The van der Waals surface area contributed by atoms with E-state index in [4.69, 9.17) is 16.7 Å². The summed E-state index contributed by atoms with van der Waals surface area (Å²) in [6.07, 6.45) is 8.04. The molecule has 14 nitrogen and oxygen atoms in total. The smallest absolute Gasteiger partial charge is 0.301 e. The lowest BCUT2D eigenvalue weighted by atomic mass is 9.91. The SMILES string of the molecule is O=C1CCC(c2ccc(N3CCC(CN4CCN(c5ccc(-n6cc(-c7cc(Cl)cc(NS(=O)(=O)N8CC[C@@H](F)C8)c7F)c(-c7ccncc7)n6)cc5F)CC4)CC3)nc2)C(=O)N1.